The standard InChI is InChI=1S/C16H27N3/c1-3-12-18-15(17-2)19-13-8-11-16(14-19)9-6-4-5-7-10-16/h1H,4-14H2,2H3,(H,17,18). The van der Waals surface area contributed by atoms with Gasteiger partial charge in [-0.3, -0.25) is 4.99 Å². The minimum absolute atomic E-state index is 0.544. The van der Waals surface area contributed by atoms with Gasteiger partial charge in [0.05, 0.1) is 6.54 Å². The molecule has 106 valence electrons. The Balaban J connectivity index is 2.01. The van der Waals surface area contributed by atoms with Crippen molar-refractivity contribution in [1.82, 2.24) is 10.2 Å². The summed E-state index contributed by atoms with van der Waals surface area (Å²) in [7, 11) is 1.85. The summed E-state index contributed by atoms with van der Waals surface area (Å²) >= 11 is 0. The van der Waals surface area contributed by atoms with E-state index in [2.05, 4.69) is 21.1 Å². The molecule has 0 radical (unpaired) electrons. The molecule has 0 amide bonds. The van der Waals surface area contributed by atoms with Crippen molar-refractivity contribution in [2.24, 2.45) is 10.4 Å². The number of terminal acetylenes is 1. The van der Waals surface area contributed by atoms with Crippen molar-refractivity contribution >= 4 is 5.96 Å². The summed E-state index contributed by atoms with van der Waals surface area (Å²) in [5, 5.41) is 3.27. The smallest absolute Gasteiger partial charge is 0.194 e. The average Bonchev–Trinajstić information content (AvgIpc) is 2.66. The largest absolute Gasteiger partial charge is 0.345 e. The van der Waals surface area contributed by atoms with Crippen molar-refractivity contribution in [3.05, 3.63) is 0 Å². The Bertz CT molecular complexity index is 345. The zero-order valence-corrected chi connectivity index (χ0v) is 12.2. The molecule has 3 heteroatoms. The molecule has 1 heterocycles. The number of aliphatic imine (C=N–C) groups is 1. The second-order valence-corrected chi connectivity index (χ2v) is 6.04. The van der Waals surface area contributed by atoms with Crippen molar-refractivity contribution in [3.8, 4) is 12.3 Å². The average molecular weight is 261 g/mol. The van der Waals surface area contributed by atoms with Crippen LogP contribution in [0.15, 0.2) is 4.99 Å². The van der Waals surface area contributed by atoms with Crippen LogP contribution >= 0.6 is 0 Å². The molecule has 2 aliphatic rings. The molecule has 19 heavy (non-hydrogen) atoms. The van der Waals surface area contributed by atoms with Gasteiger partial charge in [-0.25, -0.2) is 0 Å². The van der Waals surface area contributed by atoms with Gasteiger partial charge in [-0.05, 0) is 31.1 Å². The Morgan fingerprint density at radius 1 is 1.21 bits per heavy atom. The molecule has 0 aromatic heterocycles. The fourth-order valence-corrected chi connectivity index (χ4v) is 3.74. The summed E-state index contributed by atoms with van der Waals surface area (Å²) in [4.78, 5) is 6.81. The van der Waals surface area contributed by atoms with Crippen LogP contribution in [0, 0.1) is 17.8 Å². The predicted molar refractivity (Wildman–Crippen MR) is 81.1 cm³/mol. The van der Waals surface area contributed by atoms with Crippen molar-refractivity contribution in [1.29, 1.82) is 0 Å². The normalized spacial score (nSPS) is 23.8. The summed E-state index contributed by atoms with van der Waals surface area (Å²) in [5.41, 5.74) is 0.544. The highest BCUT2D eigenvalue weighted by Crippen LogP contribution is 2.42. The van der Waals surface area contributed by atoms with Crippen LogP contribution in [0.25, 0.3) is 0 Å². The Morgan fingerprint density at radius 3 is 2.53 bits per heavy atom. The number of likely N-dealkylation sites (tertiary alicyclic amines) is 1. The number of guanidine groups is 1. The third kappa shape index (κ3) is 3.65. The lowest BCUT2D eigenvalue weighted by atomic mass is 9.74. The first-order valence-electron chi connectivity index (χ1n) is 7.69. The van der Waals surface area contributed by atoms with Crippen LogP contribution in [0.3, 0.4) is 0 Å². The van der Waals surface area contributed by atoms with Gasteiger partial charge in [0.15, 0.2) is 5.96 Å². The summed E-state index contributed by atoms with van der Waals surface area (Å²) < 4.78 is 0. The molecule has 1 aliphatic carbocycles. The van der Waals surface area contributed by atoms with Crippen molar-refractivity contribution in [3.63, 3.8) is 0 Å². The molecular weight excluding hydrogens is 234 g/mol. The van der Waals surface area contributed by atoms with Gasteiger partial charge in [-0.15, -0.1) is 6.42 Å². The van der Waals surface area contributed by atoms with E-state index in [1.807, 2.05) is 7.05 Å². The fourth-order valence-electron chi connectivity index (χ4n) is 3.74. The van der Waals surface area contributed by atoms with Gasteiger partial charge in [0.2, 0.25) is 0 Å². The molecule has 1 aliphatic heterocycles. The molecule has 0 bridgehead atoms. The van der Waals surface area contributed by atoms with E-state index in [1.54, 1.807) is 0 Å². The topological polar surface area (TPSA) is 27.6 Å². The Hall–Kier alpha value is -1.17. The number of piperidine rings is 1. The molecule has 2 fully saturated rings. The quantitative estimate of drug-likeness (QED) is 0.446. The fraction of sp³-hybridized carbons (Fsp3) is 0.812. The molecule has 2 rings (SSSR count). The van der Waals surface area contributed by atoms with Gasteiger partial charge in [0.1, 0.15) is 0 Å². The second kappa shape index (κ2) is 6.84. The van der Waals surface area contributed by atoms with Crippen molar-refractivity contribution < 1.29 is 0 Å². The molecule has 3 nitrogen and oxygen atoms in total. The Kier molecular flexibility index (Phi) is 5.13. The first-order chi connectivity index (χ1) is 9.29. The Morgan fingerprint density at radius 2 is 1.89 bits per heavy atom. The molecule has 0 aromatic carbocycles. The minimum atomic E-state index is 0.544. The zero-order chi connectivity index (χ0) is 13.6. The third-order valence-electron chi connectivity index (χ3n) is 4.69. The molecule has 1 saturated heterocycles. The van der Waals surface area contributed by atoms with E-state index in [0.29, 0.717) is 12.0 Å². The van der Waals surface area contributed by atoms with Gasteiger partial charge >= 0.3 is 0 Å². The molecule has 0 atom stereocenters. The van der Waals surface area contributed by atoms with Gasteiger partial charge in [-0.2, -0.15) is 0 Å². The zero-order valence-electron chi connectivity index (χ0n) is 12.2. The van der Waals surface area contributed by atoms with E-state index in [9.17, 15) is 0 Å². The highest BCUT2D eigenvalue weighted by Gasteiger charge is 2.36. The van der Waals surface area contributed by atoms with Crippen LogP contribution in [-0.2, 0) is 0 Å². The van der Waals surface area contributed by atoms with E-state index >= 15 is 0 Å². The number of rotatable bonds is 1. The molecule has 1 spiro atoms. The number of nitrogens with zero attached hydrogens (tertiary/aromatic N) is 2. The molecular formula is C16H27N3. The van der Waals surface area contributed by atoms with Crippen LogP contribution < -0.4 is 5.32 Å². The second-order valence-electron chi connectivity index (χ2n) is 6.04. The van der Waals surface area contributed by atoms with Crippen molar-refractivity contribution in [2.45, 2.75) is 51.4 Å². The maximum Gasteiger partial charge on any atom is 0.194 e. The first-order valence-corrected chi connectivity index (χ1v) is 7.69. The monoisotopic (exact) mass is 261 g/mol. The maximum atomic E-state index is 5.33. The van der Waals surface area contributed by atoms with Crippen molar-refractivity contribution in [2.75, 3.05) is 26.7 Å². The molecule has 0 aromatic rings. The van der Waals surface area contributed by atoms with E-state index in [1.165, 1.54) is 51.4 Å². The Labute approximate surface area is 117 Å². The van der Waals surface area contributed by atoms with E-state index < -0.39 is 0 Å². The predicted octanol–water partition coefficient (Wildman–Crippen LogP) is 2.63. The van der Waals surface area contributed by atoms with E-state index in [4.69, 9.17) is 6.42 Å². The van der Waals surface area contributed by atoms with Gasteiger partial charge < -0.3 is 10.2 Å². The van der Waals surface area contributed by atoms with Crippen LogP contribution in [0.5, 0.6) is 0 Å². The minimum Gasteiger partial charge on any atom is -0.345 e. The third-order valence-corrected chi connectivity index (χ3v) is 4.69. The van der Waals surface area contributed by atoms with Crippen LogP contribution in [0.2, 0.25) is 0 Å². The lowest BCUT2D eigenvalue weighted by Crippen LogP contribution is -2.50. The van der Waals surface area contributed by atoms with Crippen LogP contribution in [-0.4, -0.2) is 37.5 Å². The van der Waals surface area contributed by atoms with Gasteiger partial charge in [0, 0.05) is 20.1 Å². The summed E-state index contributed by atoms with van der Waals surface area (Å²) in [6, 6.07) is 0. The van der Waals surface area contributed by atoms with Gasteiger partial charge in [0.25, 0.3) is 0 Å². The number of hydrogen-bond donors (Lipinski definition) is 1. The van der Waals surface area contributed by atoms with Gasteiger partial charge in [-0.1, -0.05) is 31.6 Å². The lowest BCUT2D eigenvalue weighted by molar-refractivity contribution is 0.116. The molecule has 1 saturated carbocycles. The maximum absolute atomic E-state index is 5.33. The number of nitrogens with one attached hydrogen (secondary N) is 1. The first kappa shape index (κ1) is 14.2. The summed E-state index contributed by atoms with van der Waals surface area (Å²) in [6.07, 6.45) is 16.5. The lowest BCUT2D eigenvalue weighted by Gasteiger charge is -2.43. The molecule has 1 N–H and O–H groups in total. The summed E-state index contributed by atoms with van der Waals surface area (Å²) in [5.74, 6) is 3.62. The number of hydrogen-bond acceptors (Lipinski definition) is 1. The highest BCUT2D eigenvalue weighted by atomic mass is 15.3. The SMILES string of the molecule is C#CCNC(=NC)N1CCCC2(CCCCCC2)C1. The highest BCUT2D eigenvalue weighted by molar-refractivity contribution is 5.80. The van der Waals surface area contributed by atoms with E-state index in [0.717, 1.165) is 19.0 Å². The van der Waals surface area contributed by atoms with Crippen LogP contribution in [0.4, 0.5) is 0 Å². The molecule has 0 unspecified atom stereocenters. The van der Waals surface area contributed by atoms with Crippen LogP contribution in [0.1, 0.15) is 51.4 Å². The summed E-state index contributed by atoms with van der Waals surface area (Å²) in [6.45, 7) is 2.85. The van der Waals surface area contributed by atoms with E-state index in [-0.39, 0.29) is 0 Å².